The van der Waals surface area contributed by atoms with E-state index in [4.69, 9.17) is 0 Å². The molecule has 0 spiro atoms. The highest BCUT2D eigenvalue weighted by Gasteiger charge is 2.46. The summed E-state index contributed by atoms with van der Waals surface area (Å²) in [5, 5.41) is 19.8. The minimum absolute atomic E-state index is 0.509. The second-order valence-electron chi connectivity index (χ2n) is 4.33. The van der Waals surface area contributed by atoms with Gasteiger partial charge in [-0.1, -0.05) is 12.8 Å². The summed E-state index contributed by atoms with van der Waals surface area (Å²) in [6, 6.07) is 0. The van der Waals surface area contributed by atoms with Crippen molar-refractivity contribution in [2.24, 2.45) is 0 Å². The molecule has 2 bridgehead atoms. The molecule has 2 atom stereocenters. The molecule has 2 aliphatic carbocycles. The topological polar surface area (TPSA) is 40.5 Å². The van der Waals surface area contributed by atoms with E-state index in [-0.39, 0.29) is 0 Å². The Morgan fingerprint density at radius 1 is 0.727 bits per heavy atom. The van der Waals surface area contributed by atoms with Crippen molar-refractivity contribution in [1.29, 1.82) is 0 Å². The maximum Gasteiger partial charge on any atom is 0.0676 e. The van der Waals surface area contributed by atoms with E-state index in [9.17, 15) is 10.2 Å². The molecule has 2 rings (SSSR count). The summed E-state index contributed by atoms with van der Waals surface area (Å²) in [6.07, 6.45) is 6.20. The average Bonchev–Trinajstić information content (AvgIpc) is 2.11. The van der Waals surface area contributed by atoms with Crippen molar-refractivity contribution < 1.29 is 10.2 Å². The second kappa shape index (κ2) is 2.20. The van der Waals surface area contributed by atoms with Crippen LogP contribution in [0.5, 0.6) is 0 Å². The van der Waals surface area contributed by atoms with Gasteiger partial charge in [0, 0.05) is 6.42 Å². The molecule has 0 saturated heterocycles. The van der Waals surface area contributed by atoms with E-state index in [2.05, 4.69) is 0 Å². The summed E-state index contributed by atoms with van der Waals surface area (Å²) >= 11 is 0. The molecule has 11 heavy (non-hydrogen) atoms. The van der Waals surface area contributed by atoms with Crippen molar-refractivity contribution >= 4 is 0 Å². The van der Waals surface area contributed by atoms with Crippen molar-refractivity contribution in [2.75, 3.05) is 0 Å². The van der Waals surface area contributed by atoms with E-state index >= 15 is 0 Å². The van der Waals surface area contributed by atoms with Gasteiger partial charge in [-0.25, -0.2) is 0 Å². The number of hydrogen-bond acceptors (Lipinski definition) is 2. The van der Waals surface area contributed by atoms with Crippen LogP contribution in [0.4, 0.5) is 0 Å². The molecule has 2 fully saturated rings. The highest BCUT2D eigenvalue weighted by atomic mass is 16.3. The van der Waals surface area contributed by atoms with Gasteiger partial charge in [0.15, 0.2) is 0 Å². The largest absolute Gasteiger partial charge is 0.390 e. The van der Waals surface area contributed by atoms with Crippen LogP contribution in [0.25, 0.3) is 0 Å². The number of rotatable bonds is 0. The Hall–Kier alpha value is -0.0800. The van der Waals surface area contributed by atoms with Gasteiger partial charge in [0.05, 0.1) is 11.2 Å². The standard InChI is InChI=1S/C9H16O2/c10-8-3-1-2-4-9(11,7-8)6-5-8/h10-11H,1-7H2. The summed E-state index contributed by atoms with van der Waals surface area (Å²) < 4.78 is 0. The van der Waals surface area contributed by atoms with Gasteiger partial charge in [-0.2, -0.15) is 0 Å². The monoisotopic (exact) mass is 156 g/mol. The zero-order chi connectivity index (χ0) is 7.95. The SMILES string of the molecule is OC12CCCCC(O)(CC1)C2. The van der Waals surface area contributed by atoms with Crippen LogP contribution in [0.15, 0.2) is 0 Å². The van der Waals surface area contributed by atoms with Gasteiger partial charge in [-0.3, -0.25) is 0 Å². The Morgan fingerprint density at radius 3 is 1.64 bits per heavy atom. The van der Waals surface area contributed by atoms with Crippen LogP contribution in [0.2, 0.25) is 0 Å². The molecule has 0 aliphatic heterocycles. The number of hydrogen-bond donors (Lipinski definition) is 2. The molecule has 0 heterocycles. The normalized spacial score (nSPS) is 50.7. The minimum Gasteiger partial charge on any atom is -0.390 e. The van der Waals surface area contributed by atoms with Crippen LogP contribution < -0.4 is 0 Å². The summed E-state index contributed by atoms with van der Waals surface area (Å²) in [6.45, 7) is 0. The molecule has 0 aromatic carbocycles. The number of aliphatic hydroxyl groups is 2. The van der Waals surface area contributed by atoms with Crippen molar-refractivity contribution in [3.05, 3.63) is 0 Å². The molecule has 2 nitrogen and oxygen atoms in total. The molecule has 2 aliphatic rings. The predicted molar refractivity (Wildman–Crippen MR) is 42.2 cm³/mol. The quantitative estimate of drug-likeness (QED) is 0.553. The fourth-order valence-corrected chi connectivity index (χ4v) is 2.59. The zero-order valence-corrected chi connectivity index (χ0v) is 6.84. The first-order chi connectivity index (χ1) is 5.12. The Balaban J connectivity index is 2.18. The van der Waals surface area contributed by atoms with Gasteiger partial charge < -0.3 is 10.2 Å². The molecule has 2 heteroatoms. The van der Waals surface area contributed by atoms with Crippen LogP contribution in [0, 0.1) is 0 Å². The van der Waals surface area contributed by atoms with E-state index in [0.29, 0.717) is 6.42 Å². The lowest BCUT2D eigenvalue weighted by Crippen LogP contribution is -2.29. The van der Waals surface area contributed by atoms with E-state index < -0.39 is 11.2 Å². The maximum absolute atomic E-state index is 9.91. The molecular weight excluding hydrogens is 140 g/mol. The van der Waals surface area contributed by atoms with Gasteiger partial charge in [0.2, 0.25) is 0 Å². The third kappa shape index (κ3) is 1.30. The zero-order valence-electron chi connectivity index (χ0n) is 6.84. The summed E-state index contributed by atoms with van der Waals surface area (Å²) in [4.78, 5) is 0. The second-order valence-corrected chi connectivity index (χ2v) is 4.33. The average molecular weight is 156 g/mol. The molecule has 0 aromatic heterocycles. The molecular formula is C9H16O2. The van der Waals surface area contributed by atoms with Crippen molar-refractivity contribution in [2.45, 2.75) is 56.1 Å². The molecule has 0 amide bonds. The Bertz CT molecular complexity index is 143. The van der Waals surface area contributed by atoms with Crippen LogP contribution in [-0.4, -0.2) is 21.4 Å². The van der Waals surface area contributed by atoms with Crippen molar-refractivity contribution in [3.8, 4) is 0 Å². The third-order valence-corrected chi connectivity index (χ3v) is 3.25. The minimum atomic E-state index is -0.509. The predicted octanol–water partition coefficient (Wildman–Crippen LogP) is 1.21. The van der Waals surface area contributed by atoms with E-state index in [1.165, 1.54) is 0 Å². The van der Waals surface area contributed by atoms with Crippen LogP contribution in [0.1, 0.15) is 44.9 Å². The van der Waals surface area contributed by atoms with E-state index in [1.54, 1.807) is 0 Å². The highest BCUT2D eigenvalue weighted by molar-refractivity contribution is 5.00. The number of fused-ring (bicyclic) bond motifs is 2. The summed E-state index contributed by atoms with van der Waals surface area (Å²) in [5.41, 5.74) is -1.02. The smallest absolute Gasteiger partial charge is 0.0676 e. The molecule has 2 unspecified atom stereocenters. The van der Waals surface area contributed by atoms with Gasteiger partial charge in [0.1, 0.15) is 0 Å². The molecule has 0 aromatic rings. The molecule has 2 saturated carbocycles. The van der Waals surface area contributed by atoms with Crippen molar-refractivity contribution in [1.82, 2.24) is 0 Å². The lowest BCUT2D eigenvalue weighted by atomic mass is 9.96. The lowest BCUT2D eigenvalue weighted by molar-refractivity contribution is -0.00421. The lowest BCUT2D eigenvalue weighted by Gasteiger charge is -2.22. The van der Waals surface area contributed by atoms with Gasteiger partial charge in [0.25, 0.3) is 0 Å². The highest BCUT2D eigenvalue weighted by Crippen LogP contribution is 2.45. The van der Waals surface area contributed by atoms with E-state index in [1.807, 2.05) is 0 Å². The maximum atomic E-state index is 9.91. The Labute approximate surface area is 67.2 Å². The third-order valence-electron chi connectivity index (χ3n) is 3.25. The Morgan fingerprint density at radius 2 is 1.18 bits per heavy atom. The molecule has 2 N–H and O–H groups in total. The van der Waals surface area contributed by atoms with Crippen LogP contribution in [-0.2, 0) is 0 Å². The first kappa shape index (κ1) is 7.56. The Kier molecular flexibility index (Phi) is 1.52. The van der Waals surface area contributed by atoms with E-state index in [0.717, 1.165) is 38.5 Å². The van der Waals surface area contributed by atoms with Crippen molar-refractivity contribution in [3.63, 3.8) is 0 Å². The van der Waals surface area contributed by atoms with Gasteiger partial charge in [-0.05, 0) is 25.7 Å². The summed E-state index contributed by atoms with van der Waals surface area (Å²) in [7, 11) is 0. The molecule has 64 valence electrons. The van der Waals surface area contributed by atoms with Crippen LogP contribution >= 0.6 is 0 Å². The van der Waals surface area contributed by atoms with Gasteiger partial charge >= 0.3 is 0 Å². The van der Waals surface area contributed by atoms with Crippen LogP contribution in [0.3, 0.4) is 0 Å². The first-order valence-electron chi connectivity index (χ1n) is 4.57. The molecule has 0 radical (unpaired) electrons. The van der Waals surface area contributed by atoms with Gasteiger partial charge in [-0.15, -0.1) is 0 Å². The fraction of sp³-hybridized carbons (Fsp3) is 1.00. The summed E-state index contributed by atoms with van der Waals surface area (Å²) in [5.74, 6) is 0. The fourth-order valence-electron chi connectivity index (χ4n) is 2.59. The first-order valence-corrected chi connectivity index (χ1v) is 4.57.